The summed E-state index contributed by atoms with van der Waals surface area (Å²) in [5, 5.41) is 0. The molecule has 1 heterocycles. The van der Waals surface area contributed by atoms with Crippen molar-refractivity contribution >= 4 is 25.6 Å². The van der Waals surface area contributed by atoms with Crippen LogP contribution in [0.4, 0.5) is 0 Å². The topological polar surface area (TPSA) is 63.7 Å². The van der Waals surface area contributed by atoms with E-state index in [-0.39, 0.29) is 16.7 Å². The molecule has 0 bridgehead atoms. The van der Waals surface area contributed by atoms with Gasteiger partial charge in [0.15, 0.2) is 0 Å². The standard InChI is InChI=1S/C14H18ClNO4S/c1-3-16(4-2)14(17)11-7-10-8-12(21(15,18)19)5-6-13(10)20-9-11/h5-6,8,11H,3-4,7,9H2,1-2H3. The third kappa shape index (κ3) is 3.49. The fraction of sp³-hybridized carbons (Fsp3) is 0.500. The number of nitrogens with zero attached hydrogens (tertiary/aromatic N) is 1. The largest absolute Gasteiger partial charge is 0.492 e. The van der Waals surface area contributed by atoms with Crippen molar-refractivity contribution in [1.82, 2.24) is 4.90 Å². The summed E-state index contributed by atoms with van der Waals surface area (Å²) in [5.74, 6) is 0.359. The maximum absolute atomic E-state index is 12.4. The molecule has 2 rings (SSSR count). The Balaban J connectivity index is 2.25. The first kappa shape index (κ1) is 16.1. The fourth-order valence-electron chi connectivity index (χ4n) is 2.47. The van der Waals surface area contributed by atoms with Crippen molar-refractivity contribution in [3.63, 3.8) is 0 Å². The van der Waals surface area contributed by atoms with E-state index < -0.39 is 9.05 Å². The maximum Gasteiger partial charge on any atom is 0.261 e. The third-order valence-electron chi connectivity index (χ3n) is 3.64. The summed E-state index contributed by atoms with van der Waals surface area (Å²) < 4.78 is 28.3. The highest BCUT2D eigenvalue weighted by Gasteiger charge is 2.29. The molecule has 0 fully saturated rings. The van der Waals surface area contributed by atoms with Crippen molar-refractivity contribution in [2.75, 3.05) is 19.7 Å². The molecule has 1 aromatic rings. The Kier molecular flexibility index (Phi) is 4.78. The summed E-state index contributed by atoms with van der Waals surface area (Å²) in [6, 6.07) is 4.48. The van der Waals surface area contributed by atoms with E-state index >= 15 is 0 Å². The Labute approximate surface area is 129 Å². The quantitative estimate of drug-likeness (QED) is 0.792. The second-order valence-electron chi connectivity index (χ2n) is 4.93. The van der Waals surface area contributed by atoms with Crippen LogP contribution in [0.15, 0.2) is 23.1 Å². The smallest absolute Gasteiger partial charge is 0.261 e. The SMILES string of the molecule is CCN(CC)C(=O)C1COc2ccc(S(=O)(=O)Cl)cc2C1. The van der Waals surface area contributed by atoms with Crippen LogP contribution in [0.1, 0.15) is 19.4 Å². The van der Waals surface area contributed by atoms with Gasteiger partial charge in [0, 0.05) is 23.8 Å². The van der Waals surface area contributed by atoms with E-state index in [9.17, 15) is 13.2 Å². The molecular weight excluding hydrogens is 314 g/mol. The minimum absolute atomic E-state index is 0.0301. The summed E-state index contributed by atoms with van der Waals surface area (Å²) in [4.78, 5) is 14.1. The van der Waals surface area contributed by atoms with Crippen molar-refractivity contribution < 1.29 is 17.9 Å². The van der Waals surface area contributed by atoms with E-state index in [1.165, 1.54) is 12.1 Å². The summed E-state index contributed by atoms with van der Waals surface area (Å²) in [6.45, 7) is 5.47. The molecule has 0 saturated heterocycles. The van der Waals surface area contributed by atoms with Crippen LogP contribution < -0.4 is 4.74 Å². The molecule has 7 heteroatoms. The molecule has 116 valence electrons. The summed E-state index contributed by atoms with van der Waals surface area (Å²) in [6.07, 6.45) is 0.463. The minimum Gasteiger partial charge on any atom is -0.492 e. The predicted octanol–water partition coefficient (Wildman–Crippen LogP) is 2.03. The molecule has 0 spiro atoms. The van der Waals surface area contributed by atoms with Gasteiger partial charge in [-0.3, -0.25) is 4.79 Å². The number of hydrogen-bond acceptors (Lipinski definition) is 4. The first-order valence-corrected chi connectivity index (χ1v) is 9.17. The molecule has 1 atom stereocenters. The molecule has 0 aromatic heterocycles. The molecule has 0 radical (unpaired) electrons. The lowest BCUT2D eigenvalue weighted by molar-refractivity contribution is -0.136. The van der Waals surface area contributed by atoms with E-state index in [2.05, 4.69) is 0 Å². The number of carbonyl (C=O) groups is 1. The number of ether oxygens (including phenoxy) is 1. The van der Waals surface area contributed by atoms with Gasteiger partial charge in [-0.25, -0.2) is 8.42 Å². The first-order chi connectivity index (χ1) is 9.86. The second-order valence-corrected chi connectivity index (χ2v) is 7.50. The predicted molar refractivity (Wildman–Crippen MR) is 80.1 cm³/mol. The van der Waals surface area contributed by atoms with Gasteiger partial charge in [-0.1, -0.05) is 0 Å². The van der Waals surface area contributed by atoms with Gasteiger partial charge in [-0.2, -0.15) is 0 Å². The summed E-state index contributed by atoms with van der Waals surface area (Å²) in [7, 11) is 1.57. The number of amides is 1. The van der Waals surface area contributed by atoms with Crippen molar-refractivity contribution in [1.29, 1.82) is 0 Å². The van der Waals surface area contributed by atoms with E-state index in [0.717, 1.165) is 0 Å². The van der Waals surface area contributed by atoms with Crippen LogP contribution in [0.25, 0.3) is 0 Å². The van der Waals surface area contributed by atoms with Crippen molar-refractivity contribution in [3.05, 3.63) is 23.8 Å². The number of hydrogen-bond donors (Lipinski definition) is 0. The normalized spacial score (nSPS) is 17.8. The van der Waals surface area contributed by atoms with Gasteiger partial charge in [0.1, 0.15) is 12.4 Å². The molecular formula is C14H18ClNO4S. The number of halogens is 1. The Hall–Kier alpha value is -1.27. The lowest BCUT2D eigenvalue weighted by Gasteiger charge is -2.29. The molecule has 5 nitrogen and oxygen atoms in total. The maximum atomic E-state index is 12.4. The van der Waals surface area contributed by atoms with Crippen LogP contribution in [0.5, 0.6) is 5.75 Å². The van der Waals surface area contributed by atoms with Crippen molar-refractivity contribution in [3.8, 4) is 5.75 Å². The summed E-state index contributed by atoms with van der Waals surface area (Å²) in [5.41, 5.74) is 0.702. The van der Waals surface area contributed by atoms with E-state index in [0.29, 0.717) is 37.4 Å². The fourth-order valence-corrected chi connectivity index (χ4v) is 3.28. The molecule has 1 aromatic carbocycles. The monoisotopic (exact) mass is 331 g/mol. The highest BCUT2D eigenvalue weighted by atomic mass is 35.7. The van der Waals surface area contributed by atoms with Gasteiger partial charge in [-0.15, -0.1) is 0 Å². The van der Waals surface area contributed by atoms with Gasteiger partial charge >= 0.3 is 0 Å². The van der Waals surface area contributed by atoms with Gasteiger partial charge < -0.3 is 9.64 Å². The molecule has 0 N–H and O–H groups in total. The molecule has 1 unspecified atom stereocenters. The highest BCUT2D eigenvalue weighted by molar-refractivity contribution is 8.13. The van der Waals surface area contributed by atoms with Crippen LogP contribution >= 0.6 is 10.7 Å². The first-order valence-electron chi connectivity index (χ1n) is 6.86. The molecule has 1 aliphatic rings. The van der Waals surface area contributed by atoms with Crippen LogP contribution in [0, 0.1) is 5.92 Å². The lowest BCUT2D eigenvalue weighted by Crippen LogP contribution is -2.40. The number of rotatable bonds is 4. The molecule has 0 saturated carbocycles. The van der Waals surface area contributed by atoms with Crippen molar-refractivity contribution in [2.24, 2.45) is 5.92 Å². The average Bonchev–Trinajstić information content (AvgIpc) is 2.46. The summed E-state index contributed by atoms with van der Waals surface area (Å²) >= 11 is 0. The highest BCUT2D eigenvalue weighted by Crippen LogP contribution is 2.31. The molecule has 1 aliphatic heterocycles. The van der Waals surface area contributed by atoms with Crippen LogP contribution in [0.3, 0.4) is 0 Å². The number of fused-ring (bicyclic) bond motifs is 1. The van der Waals surface area contributed by atoms with Gasteiger partial charge in [-0.05, 0) is 44.0 Å². The third-order valence-corrected chi connectivity index (χ3v) is 5.00. The van der Waals surface area contributed by atoms with E-state index in [1.807, 2.05) is 13.8 Å². The van der Waals surface area contributed by atoms with Gasteiger partial charge in [0.05, 0.1) is 10.8 Å². The zero-order valence-corrected chi connectivity index (χ0v) is 13.6. The zero-order valence-electron chi connectivity index (χ0n) is 12.0. The van der Waals surface area contributed by atoms with E-state index in [1.54, 1.807) is 11.0 Å². The molecule has 21 heavy (non-hydrogen) atoms. The number of benzene rings is 1. The van der Waals surface area contributed by atoms with Crippen molar-refractivity contribution in [2.45, 2.75) is 25.2 Å². The lowest BCUT2D eigenvalue weighted by atomic mass is 9.95. The van der Waals surface area contributed by atoms with Gasteiger partial charge in [0.2, 0.25) is 5.91 Å². The molecule has 0 aliphatic carbocycles. The number of carbonyl (C=O) groups excluding carboxylic acids is 1. The Morgan fingerprint density at radius 1 is 1.38 bits per heavy atom. The Bertz CT molecular complexity index is 640. The Morgan fingerprint density at radius 2 is 2.05 bits per heavy atom. The average molecular weight is 332 g/mol. The minimum atomic E-state index is -3.78. The van der Waals surface area contributed by atoms with Gasteiger partial charge in [0.25, 0.3) is 9.05 Å². The Morgan fingerprint density at radius 3 is 2.62 bits per heavy atom. The zero-order chi connectivity index (χ0) is 15.6. The van der Waals surface area contributed by atoms with Crippen LogP contribution in [-0.2, 0) is 20.3 Å². The van der Waals surface area contributed by atoms with Crippen LogP contribution in [-0.4, -0.2) is 38.9 Å². The van der Waals surface area contributed by atoms with E-state index in [4.69, 9.17) is 15.4 Å². The van der Waals surface area contributed by atoms with Crippen LogP contribution in [0.2, 0.25) is 0 Å². The molecule has 1 amide bonds. The second kappa shape index (κ2) is 6.23.